The second kappa shape index (κ2) is 6.73. The molecule has 0 radical (unpaired) electrons. The molecular formula is C14H21NO3. The highest BCUT2D eigenvalue weighted by Gasteiger charge is 2.20. The molecule has 1 heterocycles. The minimum atomic E-state index is 0.0887. The van der Waals surface area contributed by atoms with Crippen LogP contribution in [-0.4, -0.2) is 55.6 Å². The zero-order valence-corrected chi connectivity index (χ0v) is 10.8. The molecule has 1 atom stereocenters. The lowest BCUT2D eigenvalue weighted by atomic mass is 10.2. The predicted molar refractivity (Wildman–Crippen MR) is 69.9 cm³/mol. The molecule has 1 aromatic rings. The van der Waals surface area contributed by atoms with Gasteiger partial charge < -0.3 is 14.6 Å². The molecule has 1 unspecified atom stereocenters. The van der Waals surface area contributed by atoms with Gasteiger partial charge in [-0.05, 0) is 24.6 Å². The second-order valence-electron chi connectivity index (χ2n) is 4.64. The van der Waals surface area contributed by atoms with Gasteiger partial charge in [-0.3, -0.25) is 4.90 Å². The van der Waals surface area contributed by atoms with Crippen LogP contribution in [0.25, 0.3) is 0 Å². The van der Waals surface area contributed by atoms with Gasteiger partial charge in [-0.1, -0.05) is 12.1 Å². The third-order valence-electron chi connectivity index (χ3n) is 3.06. The van der Waals surface area contributed by atoms with Crippen molar-refractivity contribution in [2.24, 2.45) is 0 Å². The Kier molecular flexibility index (Phi) is 4.99. The summed E-state index contributed by atoms with van der Waals surface area (Å²) in [6, 6.07) is 8.02. The van der Waals surface area contributed by atoms with Gasteiger partial charge in [0.2, 0.25) is 0 Å². The van der Waals surface area contributed by atoms with Crippen molar-refractivity contribution in [3.63, 3.8) is 0 Å². The predicted octanol–water partition coefficient (Wildman–Crippen LogP) is 1.07. The first-order valence-corrected chi connectivity index (χ1v) is 6.42. The lowest BCUT2D eigenvalue weighted by molar-refractivity contribution is -0.0508. The number of hydrogen-bond donors (Lipinski definition) is 1. The van der Waals surface area contributed by atoms with Crippen LogP contribution < -0.4 is 4.74 Å². The van der Waals surface area contributed by atoms with E-state index in [1.165, 1.54) is 5.56 Å². The molecule has 4 heteroatoms. The number of aliphatic hydroxyl groups excluding tert-OH is 1. The van der Waals surface area contributed by atoms with Gasteiger partial charge in [-0.2, -0.15) is 0 Å². The van der Waals surface area contributed by atoms with E-state index in [2.05, 4.69) is 4.90 Å². The lowest BCUT2D eigenvalue weighted by Gasteiger charge is -2.32. The quantitative estimate of drug-likeness (QED) is 0.850. The summed E-state index contributed by atoms with van der Waals surface area (Å²) in [6.07, 6.45) is 0.0887. The van der Waals surface area contributed by atoms with E-state index in [4.69, 9.17) is 14.6 Å². The largest absolute Gasteiger partial charge is 0.491 e. The highest BCUT2D eigenvalue weighted by molar-refractivity contribution is 5.27. The number of ether oxygens (including phenoxy) is 2. The van der Waals surface area contributed by atoms with Crippen LogP contribution in [0.15, 0.2) is 24.3 Å². The first kappa shape index (κ1) is 13.3. The van der Waals surface area contributed by atoms with Crippen molar-refractivity contribution in [1.82, 2.24) is 4.90 Å². The monoisotopic (exact) mass is 251 g/mol. The number of hydrogen-bond acceptors (Lipinski definition) is 4. The zero-order chi connectivity index (χ0) is 12.8. The average Bonchev–Trinajstić information content (AvgIpc) is 2.37. The summed E-state index contributed by atoms with van der Waals surface area (Å²) in [5.74, 6) is 0.887. The Labute approximate surface area is 108 Å². The summed E-state index contributed by atoms with van der Waals surface area (Å²) >= 11 is 0. The Morgan fingerprint density at radius 3 is 3.17 bits per heavy atom. The van der Waals surface area contributed by atoms with E-state index in [0.29, 0.717) is 19.8 Å². The van der Waals surface area contributed by atoms with Crippen molar-refractivity contribution < 1.29 is 14.6 Å². The fourth-order valence-corrected chi connectivity index (χ4v) is 2.12. The van der Waals surface area contributed by atoms with Crippen LogP contribution in [0.4, 0.5) is 0 Å². The van der Waals surface area contributed by atoms with Crippen molar-refractivity contribution in [2.45, 2.75) is 13.0 Å². The molecule has 1 fully saturated rings. The lowest BCUT2D eigenvalue weighted by Crippen LogP contribution is -2.45. The molecule has 0 spiro atoms. The van der Waals surface area contributed by atoms with E-state index in [9.17, 15) is 0 Å². The molecule has 100 valence electrons. The van der Waals surface area contributed by atoms with E-state index in [0.717, 1.165) is 18.8 Å². The first-order valence-electron chi connectivity index (χ1n) is 6.42. The van der Waals surface area contributed by atoms with Gasteiger partial charge in [0.05, 0.1) is 13.2 Å². The maximum atomic E-state index is 8.93. The molecule has 1 aromatic carbocycles. The second-order valence-corrected chi connectivity index (χ2v) is 4.64. The van der Waals surface area contributed by atoms with E-state index < -0.39 is 0 Å². The number of aliphatic hydroxyl groups is 1. The molecule has 18 heavy (non-hydrogen) atoms. The summed E-state index contributed by atoms with van der Waals surface area (Å²) in [5, 5.41) is 8.93. The van der Waals surface area contributed by atoms with E-state index >= 15 is 0 Å². The topological polar surface area (TPSA) is 41.9 Å². The molecular weight excluding hydrogens is 230 g/mol. The third kappa shape index (κ3) is 3.98. The number of morpholine rings is 1. The molecule has 0 aromatic heterocycles. The molecule has 0 aliphatic carbocycles. The summed E-state index contributed by atoms with van der Waals surface area (Å²) in [5.41, 5.74) is 1.19. The summed E-state index contributed by atoms with van der Waals surface area (Å²) in [7, 11) is 0. The van der Waals surface area contributed by atoms with Crippen molar-refractivity contribution in [2.75, 3.05) is 39.5 Å². The Morgan fingerprint density at radius 2 is 2.39 bits per heavy atom. The maximum Gasteiger partial charge on any atom is 0.119 e. The summed E-state index contributed by atoms with van der Waals surface area (Å²) in [4.78, 5) is 2.20. The smallest absolute Gasteiger partial charge is 0.119 e. The van der Waals surface area contributed by atoms with Crippen LogP contribution in [0.3, 0.4) is 0 Å². The number of rotatable bonds is 5. The van der Waals surface area contributed by atoms with Crippen LogP contribution in [-0.2, 0) is 4.74 Å². The van der Waals surface area contributed by atoms with Gasteiger partial charge in [0.1, 0.15) is 18.5 Å². The summed E-state index contributed by atoms with van der Waals surface area (Å²) in [6.45, 7) is 5.95. The number of β-amino-alcohol motifs (C(OH)–C–C–N with tert-alkyl or cyclic N) is 1. The maximum absolute atomic E-state index is 8.93. The number of nitrogens with zero attached hydrogens (tertiary/aromatic N) is 1. The van der Waals surface area contributed by atoms with Crippen LogP contribution in [0.1, 0.15) is 5.56 Å². The van der Waals surface area contributed by atoms with Gasteiger partial charge in [0.15, 0.2) is 0 Å². The highest BCUT2D eigenvalue weighted by atomic mass is 16.5. The molecule has 1 saturated heterocycles. The molecule has 0 bridgehead atoms. The minimum Gasteiger partial charge on any atom is -0.491 e. The minimum absolute atomic E-state index is 0.0887. The molecule has 4 nitrogen and oxygen atoms in total. The molecule has 1 N–H and O–H groups in total. The van der Waals surface area contributed by atoms with Crippen LogP contribution in [0, 0.1) is 6.92 Å². The highest BCUT2D eigenvalue weighted by Crippen LogP contribution is 2.14. The van der Waals surface area contributed by atoms with Gasteiger partial charge >= 0.3 is 0 Å². The van der Waals surface area contributed by atoms with Crippen molar-refractivity contribution >= 4 is 0 Å². The molecule has 1 aliphatic heterocycles. The van der Waals surface area contributed by atoms with Crippen molar-refractivity contribution in [1.29, 1.82) is 0 Å². The fraction of sp³-hybridized carbons (Fsp3) is 0.571. The molecule has 0 saturated carbocycles. The van der Waals surface area contributed by atoms with Crippen LogP contribution in [0.5, 0.6) is 5.75 Å². The Morgan fingerprint density at radius 1 is 1.50 bits per heavy atom. The Balaban J connectivity index is 1.79. The van der Waals surface area contributed by atoms with E-state index in [-0.39, 0.29) is 12.7 Å². The average molecular weight is 251 g/mol. The van der Waals surface area contributed by atoms with Gasteiger partial charge in [-0.15, -0.1) is 0 Å². The van der Waals surface area contributed by atoms with Crippen molar-refractivity contribution in [3.05, 3.63) is 29.8 Å². The summed E-state index contributed by atoms with van der Waals surface area (Å²) < 4.78 is 11.4. The van der Waals surface area contributed by atoms with Gasteiger partial charge in [0.25, 0.3) is 0 Å². The van der Waals surface area contributed by atoms with Crippen molar-refractivity contribution in [3.8, 4) is 5.75 Å². The van der Waals surface area contributed by atoms with Crippen LogP contribution >= 0.6 is 0 Å². The Bertz CT molecular complexity index is 368. The normalized spacial score (nSPS) is 20.9. The number of benzene rings is 1. The Hall–Kier alpha value is -1.10. The molecule has 0 amide bonds. The molecule has 1 aliphatic rings. The van der Waals surface area contributed by atoms with E-state index in [1.807, 2.05) is 31.2 Å². The fourth-order valence-electron chi connectivity index (χ4n) is 2.12. The SMILES string of the molecule is Cc1cccc(OCC2CN(CCO)CCO2)c1. The molecule has 2 rings (SSSR count). The zero-order valence-electron chi connectivity index (χ0n) is 10.8. The standard InChI is InChI=1S/C14H21NO3/c1-12-3-2-4-13(9-12)18-11-14-10-15(5-7-16)6-8-17-14/h2-4,9,14,16H,5-8,10-11H2,1H3. The van der Waals surface area contributed by atoms with Crippen LogP contribution in [0.2, 0.25) is 0 Å². The third-order valence-corrected chi connectivity index (χ3v) is 3.06. The van der Waals surface area contributed by atoms with Gasteiger partial charge in [0, 0.05) is 19.6 Å². The van der Waals surface area contributed by atoms with Gasteiger partial charge in [-0.25, -0.2) is 0 Å². The first-order chi connectivity index (χ1) is 8.78. The number of aryl methyl sites for hydroxylation is 1. The van der Waals surface area contributed by atoms with E-state index in [1.54, 1.807) is 0 Å².